The maximum atomic E-state index is 11.5. The molecule has 1 N–H and O–H groups in total. The Hall–Kier alpha value is -2.03. The smallest absolute Gasteiger partial charge is 0.335 e. The topological polar surface area (TPSA) is 46.5 Å². The lowest BCUT2D eigenvalue weighted by molar-refractivity contribution is 0.0695. The van der Waals surface area contributed by atoms with Crippen LogP contribution in [0.15, 0.2) is 30.3 Å². The number of hydrogen-bond donors (Lipinski definition) is 1. The second kappa shape index (κ2) is 5.16. The third kappa shape index (κ3) is 2.03. The molecule has 1 saturated carbocycles. The minimum Gasteiger partial charge on any atom is -0.496 e. The molecule has 0 heterocycles. The number of rotatable bonds is 3. The Labute approximate surface area is 118 Å². The van der Waals surface area contributed by atoms with Gasteiger partial charge in [-0.3, -0.25) is 0 Å². The number of hydrogen-bond acceptors (Lipinski definition) is 2. The van der Waals surface area contributed by atoms with Gasteiger partial charge in [0.1, 0.15) is 5.75 Å². The van der Waals surface area contributed by atoms with E-state index in [4.69, 9.17) is 4.74 Å². The summed E-state index contributed by atoms with van der Waals surface area (Å²) < 4.78 is 5.40. The Morgan fingerprint density at radius 3 is 2.55 bits per heavy atom. The zero-order valence-electron chi connectivity index (χ0n) is 11.6. The summed E-state index contributed by atoms with van der Waals surface area (Å²) in [5.41, 5.74) is 1.43. The van der Waals surface area contributed by atoms with E-state index in [0.29, 0.717) is 11.5 Å². The van der Waals surface area contributed by atoms with Gasteiger partial charge in [0, 0.05) is 5.39 Å². The molecule has 0 unspecified atom stereocenters. The lowest BCUT2D eigenvalue weighted by atomic mass is 9.88. The lowest BCUT2D eigenvalue weighted by Gasteiger charge is -2.17. The van der Waals surface area contributed by atoms with Gasteiger partial charge in [0.25, 0.3) is 0 Å². The first-order valence-corrected chi connectivity index (χ1v) is 7.05. The summed E-state index contributed by atoms with van der Waals surface area (Å²) >= 11 is 0. The fourth-order valence-corrected chi connectivity index (χ4v) is 3.37. The highest BCUT2D eigenvalue weighted by Crippen LogP contribution is 2.41. The molecule has 0 aliphatic heterocycles. The first-order chi connectivity index (χ1) is 9.72. The van der Waals surface area contributed by atoms with E-state index in [2.05, 4.69) is 0 Å². The SMILES string of the molecule is COc1cccc2c(C3CCCC3)c(C(=O)O)ccc12. The standard InChI is InChI=1S/C17H18O3/c1-20-15-8-4-7-13-12(15)9-10-14(17(18)19)16(13)11-5-2-3-6-11/h4,7-11H,2-3,5-6H2,1H3,(H,18,19). The van der Waals surface area contributed by atoms with E-state index in [1.807, 2.05) is 24.3 Å². The normalized spacial score (nSPS) is 15.7. The fourth-order valence-electron chi connectivity index (χ4n) is 3.37. The Balaban J connectivity index is 2.30. The molecule has 104 valence electrons. The zero-order valence-corrected chi connectivity index (χ0v) is 11.6. The van der Waals surface area contributed by atoms with Crippen LogP contribution in [0.5, 0.6) is 5.75 Å². The zero-order chi connectivity index (χ0) is 14.1. The van der Waals surface area contributed by atoms with Crippen LogP contribution in [0.4, 0.5) is 0 Å². The Bertz CT molecular complexity index is 655. The largest absolute Gasteiger partial charge is 0.496 e. The highest BCUT2D eigenvalue weighted by molar-refractivity contribution is 6.00. The molecule has 3 heteroatoms. The molecule has 3 nitrogen and oxygen atoms in total. The van der Waals surface area contributed by atoms with Crippen LogP contribution in [0.2, 0.25) is 0 Å². The minimum absolute atomic E-state index is 0.358. The summed E-state index contributed by atoms with van der Waals surface area (Å²) in [6.07, 6.45) is 4.53. The maximum Gasteiger partial charge on any atom is 0.335 e. The van der Waals surface area contributed by atoms with Gasteiger partial charge in [0.05, 0.1) is 12.7 Å². The van der Waals surface area contributed by atoms with Gasteiger partial charge in [-0.1, -0.05) is 25.0 Å². The van der Waals surface area contributed by atoms with Crippen LogP contribution in [0, 0.1) is 0 Å². The molecule has 0 saturated heterocycles. The molecule has 2 aromatic carbocycles. The first kappa shape index (κ1) is 13.0. The molecule has 3 rings (SSSR count). The molecule has 1 aliphatic carbocycles. The van der Waals surface area contributed by atoms with Crippen LogP contribution in [-0.4, -0.2) is 18.2 Å². The van der Waals surface area contributed by atoms with Crippen molar-refractivity contribution in [3.05, 3.63) is 41.5 Å². The van der Waals surface area contributed by atoms with Crippen LogP contribution < -0.4 is 4.74 Å². The van der Waals surface area contributed by atoms with E-state index in [9.17, 15) is 9.90 Å². The molecule has 1 fully saturated rings. The van der Waals surface area contributed by atoms with Gasteiger partial charge in [0.15, 0.2) is 0 Å². The van der Waals surface area contributed by atoms with Gasteiger partial charge in [-0.05, 0) is 47.9 Å². The van der Waals surface area contributed by atoms with Crippen molar-refractivity contribution in [3.8, 4) is 5.75 Å². The van der Waals surface area contributed by atoms with Crippen molar-refractivity contribution in [3.63, 3.8) is 0 Å². The molecule has 20 heavy (non-hydrogen) atoms. The third-order valence-corrected chi connectivity index (χ3v) is 4.28. The molecule has 0 spiro atoms. The highest BCUT2D eigenvalue weighted by Gasteiger charge is 2.25. The predicted molar refractivity (Wildman–Crippen MR) is 78.7 cm³/mol. The van der Waals surface area contributed by atoms with E-state index in [1.54, 1.807) is 13.2 Å². The number of methoxy groups -OCH3 is 1. The number of benzene rings is 2. The maximum absolute atomic E-state index is 11.5. The number of aromatic carboxylic acids is 1. The Kier molecular flexibility index (Phi) is 3.35. The summed E-state index contributed by atoms with van der Waals surface area (Å²) in [5.74, 6) is 0.326. The second-order valence-electron chi connectivity index (χ2n) is 5.37. The number of fused-ring (bicyclic) bond motifs is 1. The van der Waals surface area contributed by atoms with E-state index in [1.165, 1.54) is 12.8 Å². The van der Waals surface area contributed by atoms with Crippen LogP contribution in [0.1, 0.15) is 47.5 Å². The Morgan fingerprint density at radius 2 is 1.90 bits per heavy atom. The van der Waals surface area contributed by atoms with Crippen LogP contribution in [0.25, 0.3) is 10.8 Å². The van der Waals surface area contributed by atoms with Crippen LogP contribution in [-0.2, 0) is 0 Å². The minimum atomic E-state index is -0.836. The Morgan fingerprint density at radius 1 is 1.15 bits per heavy atom. The van der Waals surface area contributed by atoms with E-state index in [0.717, 1.165) is 34.9 Å². The fraction of sp³-hybridized carbons (Fsp3) is 0.353. The van der Waals surface area contributed by atoms with Crippen molar-refractivity contribution in [2.24, 2.45) is 0 Å². The highest BCUT2D eigenvalue weighted by atomic mass is 16.5. The number of carbonyl (C=O) groups is 1. The predicted octanol–water partition coefficient (Wildman–Crippen LogP) is 4.20. The summed E-state index contributed by atoms with van der Waals surface area (Å²) in [6.45, 7) is 0. The molecule has 0 atom stereocenters. The van der Waals surface area contributed by atoms with Crippen molar-refractivity contribution in [1.29, 1.82) is 0 Å². The van der Waals surface area contributed by atoms with E-state index in [-0.39, 0.29) is 0 Å². The molecule has 0 amide bonds. The monoisotopic (exact) mass is 270 g/mol. The molecule has 0 radical (unpaired) electrons. The summed E-state index contributed by atoms with van der Waals surface area (Å²) in [4.78, 5) is 11.5. The first-order valence-electron chi connectivity index (χ1n) is 7.05. The summed E-state index contributed by atoms with van der Waals surface area (Å²) in [5, 5.41) is 11.5. The number of carboxylic acid groups (broad SMARTS) is 1. The average Bonchev–Trinajstić information content (AvgIpc) is 2.98. The van der Waals surface area contributed by atoms with Gasteiger partial charge in [-0.15, -0.1) is 0 Å². The van der Waals surface area contributed by atoms with Gasteiger partial charge < -0.3 is 9.84 Å². The molecule has 0 bridgehead atoms. The van der Waals surface area contributed by atoms with E-state index >= 15 is 0 Å². The van der Waals surface area contributed by atoms with Gasteiger partial charge in [-0.25, -0.2) is 4.79 Å². The van der Waals surface area contributed by atoms with Crippen molar-refractivity contribution in [2.45, 2.75) is 31.6 Å². The number of ether oxygens (including phenoxy) is 1. The van der Waals surface area contributed by atoms with Gasteiger partial charge >= 0.3 is 5.97 Å². The summed E-state index contributed by atoms with van der Waals surface area (Å²) in [7, 11) is 1.65. The average molecular weight is 270 g/mol. The van der Waals surface area contributed by atoms with Gasteiger partial charge in [0.2, 0.25) is 0 Å². The second-order valence-corrected chi connectivity index (χ2v) is 5.37. The molecular formula is C17H18O3. The van der Waals surface area contributed by atoms with E-state index < -0.39 is 5.97 Å². The van der Waals surface area contributed by atoms with Crippen LogP contribution >= 0.6 is 0 Å². The van der Waals surface area contributed by atoms with Crippen LogP contribution in [0.3, 0.4) is 0 Å². The molecular weight excluding hydrogens is 252 g/mol. The number of carboxylic acids is 1. The van der Waals surface area contributed by atoms with Crippen molar-refractivity contribution in [1.82, 2.24) is 0 Å². The van der Waals surface area contributed by atoms with Crippen molar-refractivity contribution < 1.29 is 14.6 Å². The third-order valence-electron chi connectivity index (χ3n) is 4.28. The molecule has 0 aromatic heterocycles. The molecule has 1 aliphatic rings. The summed E-state index contributed by atoms with van der Waals surface area (Å²) in [6, 6.07) is 9.45. The molecule has 2 aromatic rings. The quantitative estimate of drug-likeness (QED) is 0.909. The van der Waals surface area contributed by atoms with Gasteiger partial charge in [-0.2, -0.15) is 0 Å². The lowest BCUT2D eigenvalue weighted by Crippen LogP contribution is -2.06. The van der Waals surface area contributed by atoms with Crippen molar-refractivity contribution >= 4 is 16.7 Å². The van der Waals surface area contributed by atoms with Crippen molar-refractivity contribution in [2.75, 3.05) is 7.11 Å².